The second-order valence-corrected chi connectivity index (χ2v) is 11.3. The van der Waals surface area contributed by atoms with Crippen LogP contribution in [0.3, 0.4) is 0 Å². The van der Waals surface area contributed by atoms with Gasteiger partial charge in [-0.15, -0.1) is 0 Å². The molecule has 1 unspecified atom stereocenters. The number of benzene rings is 1. The Morgan fingerprint density at radius 3 is 2.33 bits per heavy atom. The third-order valence-electron chi connectivity index (χ3n) is 9.07. The summed E-state index contributed by atoms with van der Waals surface area (Å²) >= 11 is 0. The summed E-state index contributed by atoms with van der Waals surface area (Å²) in [4.78, 5) is 0. The van der Waals surface area contributed by atoms with Crippen molar-refractivity contribution in [3.8, 4) is 0 Å². The number of nitrogens with one attached hydrogen (secondary N) is 1. The lowest BCUT2D eigenvalue weighted by molar-refractivity contribution is 0.282. The van der Waals surface area contributed by atoms with Gasteiger partial charge in [0.15, 0.2) is 0 Å². The molecule has 1 atom stereocenters. The fourth-order valence-electron chi connectivity index (χ4n) is 7.16. The number of nitrogens with two attached hydrogens (primary N) is 1. The molecule has 5 rings (SSSR count). The second kappa shape index (κ2) is 10.9. The maximum absolute atomic E-state index is 14.5. The summed E-state index contributed by atoms with van der Waals surface area (Å²) in [5.74, 6) is 1.16. The molecule has 4 heteroatoms. The molecule has 1 aromatic carbocycles. The molecule has 3 aliphatic carbocycles. The lowest BCUT2D eigenvalue weighted by Crippen LogP contribution is -2.38. The molecule has 0 spiro atoms. The van der Waals surface area contributed by atoms with E-state index in [9.17, 15) is 4.39 Å². The van der Waals surface area contributed by atoms with Gasteiger partial charge in [0.2, 0.25) is 0 Å². The van der Waals surface area contributed by atoms with E-state index in [1.807, 2.05) is 12.1 Å². The minimum Gasteiger partial charge on any atom is -0.344 e. The van der Waals surface area contributed by atoms with Crippen LogP contribution in [-0.4, -0.2) is 23.2 Å². The van der Waals surface area contributed by atoms with Crippen LogP contribution in [0.5, 0.6) is 0 Å². The first-order chi connectivity index (χ1) is 16.2. The van der Waals surface area contributed by atoms with Crippen LogP contribution >= 0.6 is 0 Å². The van der Waals surface area contributed by atoms with E-state index in [4.69, 9.17) is 5.73 Å². The summed E-state index contributed by atoms with van der Waals surface area (Å²) in [5.41, 5.74) is 8.80. The number of hydrogen-bond acceptors (Lipinski definition) is 2. The maximum Gasteiger partial charge on any atom is 0.123 e. The van der Waals surface area contributed by atoms with Gasteiger partial charge in [0.1, 0.15) is 5.82 Å². The Morgan fingerprint density at radius 1 is 0.909 bits per heavy atom. The van der Waals surface area contributed by atoms with E-state index >= 15 is 0 Å². The van der Waals surface area contributed by atoms with Crippen LogP contribution < -0.4 is 11.1 Å². The van der Waals surface area contributed by atoms with Crippen molar-refractivity contribution >= 4 is 10.9 Å². The van der Waals surface area contributed by atoms with E-state index in [0.29, 0.717) is 24.0 Å². The van der Waals surface area contributed by atoms with Gasteiger partial charge in [-0.3, -0.25) is 0 Å². The molecule has 0 bridgehead atoms. The fraction of sp³-hybridized carbons (Fsp3) is 0.724. The van der Waals surface area contributed by atoms with Crippen molar-refractivity contribution in [2.75, 3.05) is 6.54 Å². The largest absolute Gasteiger partial charge is 0.344 e. The van der Waals surface area contributed by atoms with Crippen LogP contribution in [0.25, 0.3) is 10.9 Å². The average molecular weight is 454 g/mol. The van der Waals surface area contributed by atoms with Gasteiger partial charge in [-0.25, -0.2) is 4.39 Å². The maximum atomic E-state index is 14.5. The third-order valence-corrected chi connectivity index (χ3v) is 9.07. The monoisotopic (exact) mass is 453 g/mol. The first-order valence-electron chi connectivity index (χ1n) is 14.0. The first-order valence-corrected chi connectivity index (χ1v) is 14.0. The molecule has 0 amide bonds. The van der Waals surface area contributed by atoms with Crippen LogP contribution in [0.2, 0.25) is 0 Å². The molecule has 3 saturated carbocycles. The Hall–Kier alpha value is -1.39. The Morgan fingerprint density at radius 2 is 1.61 bits per heavy atom. The van der Waals surface area contributed by atoms with Crippen LogP contribution in [0.4, 0.5) is 4.39 Å². The minimum atomic E-state index is -0.0933. The normalized spacial score (nSPS) is 26.6. The zero-order valence-corrected chi connectivity index (χ0v) is 20.4. The summed E-state index contributed by atoms with van der Waals surface area (Å²) in [7, 11) is 0. The average Bonchev–Trinajstić information content (AvgIpc) is 3.22. The quantitative estimate of drug-likeness (QED) is 0.465. The molecule has 0 aliphatic heterocycles. The van der Waals surface area contributed by atoms with Gasteiger partial charge in [0, 0.05) is 35.2 Å². The molecular formula is C29H44FN3. The second-order valence-electron chi connectivity index (χ2n) is 11.3. The van der Waals surface area contributed by atoms with Crippen LogP contribution in [0.1, 0.15) is 114 Å². The van der Waals surface area contributed by atoms with E-state index in [1.54, 1.807) is 6.07 Å². The minimum absolute atomic E-state index is 0.0933. The van der Waals surface area contributed by atoms with Gasteiger partial charge in [0.25, 0.3) is 0 Å². The summed E-state index contributed by atoms with van der Waals surface area (Å²) in [5, 5.41) is 5.06. The molecule has 0 saturated heterocycles. The number of rotatable bonds is 7. The highest BCUT2D eigenvalue weighted by molar-refractivity contribution is 5.85. The number of hydrogen-bond donors (Lipinski definition) is 2. The van der Waals surface area contributed by atoms with E-state index in [1.165, 1.54) is 93.5 Å². The zero-order valence-electron chi connectivity index (χ0n) is 20.4. The van der Waals surface area contributed by atoms with Crippen molar-refractivity contribution in [2.24, 2.45) is 11.7 Å². The number of fused-ring (bicyclic) bond motifs is 1. The van der Waals surface area contributed by atoms with Crippen molar-refractivity contribution in [1.82, 2.24) is 9.88 Å². The molecular weight excluding hydrogens is 409 g/mol. The van der Waals surface area contributed by atoms with Gasteiger partial charge in [-0.05, 0) is 99.9 Å². The smallest absolute Gasteiger partial charge is 0.123 e. The SMILES string of the molecule is NC1CCC(NCCC(c2cn(C3CCCCC3)c3ccc(F)cc23)C2CCCCC2)CC1. The standard InChI is InChI=1S/C29H44FN3/c30-22-11-16-29-27(19-22)28(20-33(29)25-9-5-2-6-10-25)26(21-7-3-1-4-8-21)17-18-32-24-14-12-23(31)13-15-24/h11,16,19-21,23-26,32H,1-10,12-15,17-18,31H2. The van der Waals surface area contributed by atoms with Gasteiger partial charge in [-0.1, -0.05) is 38.5 Å². The van der Waals surface area contributed by atoms with Gasteiger partial charge in [0.05, 0.1) is 0 Å². The molecule has 1 aromatic heterocycles. The number of halogens is 1. The highest BCUT2D eigenvalue weighted by Gasteiger charge is 2.29. The van der Waals surface area contributed by atoms with Crippen molar-refractivity contribution in [1.29, 1.82) is 0 Å². The Balaban J connectivity index is 1.41. The Bertz CT molecular complexity index is 886. The predicted molar refractivity (Wildman–Crippen MR) is 136 cm³/mol. The highest BCUT2D eigenvalue weighted by atomic mass is 19.1. The number of nitrogens with zero attached hydrogens (tertiary/aromatic N) is 1. The van der Waals surface area contributed by atoms with E-state index in [2.05, 4.69) is 16.1 Å². The predicted octanol–water partition coefficient (Wildman–Crippen LogP) is 7.20. The van der Waals surface area contributed by atoms with E-state index in [-0.39, 0.29) is 5.82 Å². The molecule has 3 N–H and O–H groups in total. The van der Waals surface area contributed by atoms with Crippen molar-refractivity contribution in [3.63, 3.8) is 0 Å². The van der Waals surface area contributed by atoms with Gasteiger partial charge < -0.3 is 15.6 Å². The van der Waals surface area contributed by atoms with Crippen LogP contribution in [-0.2, 0) is 0 Å². The van der Waals surface area contributed by atoms with Gasteiger partial charge >= 0.3 is 0 Å². The lowest BCUT2D eigenvalue weighted by atomic mass is 9.75. The summed E-state index contributed by atoms with van der Waals surface area (Å²) in [6, 6.07) is 7.14. The fourth-order valence-corrected chi connectivity index (χ4v) is 7.16. The zero-order chi connectivity index (χ0) is 22.6. The Labute approximate surface area is 199 Å². The Kier molecular flexibility index (Phi) is 7.72. The molecule has 182 valence electrons. The highest BCUT2D eigenvalue weighted by Crippen LogP contribution is 2.43. The van der Waals surface area contributed by atoms with Crippen molar-refractivity contribution in [2.45, 2.75) is 120 Å². The van der Waals surface area contributed by atoms with Crippen LogP contribution in [0, 0.1) is 11.7 Å². The van der Waals surface area contributed by atoms with Gasteiger partial charge in [-0.2, -0.15) is 0 Å². The lowest BCUT2D eigenvalue weighted by Gasteiger charge is -2.32. The third kappa shape index (κ3) is 5.48. The van der Waals surface area contributed by atoms with Crippen LogP contribution in [0.15, 0.2) is 24.4 Å². The molecule has 33 heavy (non-hydrogen) atoms. The molecule has 1 heterocycles. The molecule has 0 radical (unpaired) electrons. The molecule has 2 aromatic rings. The van der Waals surface area contributed by atoms with Crippen molar-refractivity contribution in [3.05, 3.63) is 35.8 Å². The summed E-state index contributed by atoms with van der Waals surface area (Å²) in [6.45, 7) is 1.06. The topological polar surface area (TPSA) is 43.0 Å². The molecule has 3 aliphatic rings. The molecule has 3 fully saturated rings. The number of aromatic nitrogens is 1. The summed E-state index contributed by atoms with van der Waals surface area (Å²) in [6.07, 6.45) is 21.6. The first kappa shape index (κ1) is 23.4. The van der Waals surface area contributed by atoms with E-state index in [0.717, 1.165) is 31.7 Å². The van der Waals surface area contributed by atoms with E-state index < -0.39 is 0 Å². The van der Waals surface area contributed by atoms with Crippen molar-refractivity contribution < 1.29 is 4.39 Å². The summed E-state index contributed by atoms with van der Waals surface area (Å²) < 4.78 is 17.0. The molecule has 3 nitrogen and oxygen atoms in total.